The van der Waals surface area contributed by atoms with E-state index in [9.17, 15) is 9.59 Å². The lowest BCUT2D eigenvalue weighted by molar-refractivity contribution is 0.0731. The average Bonchev–Trinajstić information content (AvgIpc) is 3.35. The topological polar surface area (TPSA) is 76.7 Å². The van der Waals surface area contributed by atoms with Crippen molar-refractivity contribution in [3.63, 3.8) is 0 Å². The van der Waals surface area contributed by atoms with Gasteiger partial charge in [-0.2, -0.15) is 0 Å². The molecule has 4 aromatic rings. The number of fused-ring (bicyclic) bond motifs is 4. The summed E-state index contributed by atoms with van der Waals surface area (Å²) in [5.41, 5.74) is 3.60. The van der Waals surface area contributed by atoms with Gasteiger partial charge in [0.15, 0.2) is 11.5 Å². The SMILES string of the molecule is CCC(C)(C)C1CCc2c(sc3c2C(=O)NC(c2ccc(OC(=O)c4cccc5ccccc45)c(OC)c2)N3)C1. The third-order valence-electron chi connectivity index (χ3n) is 8.79. The maximum atomic E-state index is 13.3. The summed E-state index contributed by atoms with van der Waals surface area (Å²) in [5.74, 6) is 0.865. The number of nitrogens with one attached hydrogen (secondary N) is 2. The van der Waals surface area contributed by atoms with Crippen molar-refractivity contribution in [3.05, 3.63) is 87.8 Å². The molecule has 2 aliphatic rings. The molecule has 0 saturated heterocycles. The predicted molar refractivity (Wildman–Crippen MR) is 160 cm³/mol. The number of carbonyl (C=O) groups excluding carboxylic acids is 2. The highest BCUT2D eigenvalue weighted by molar-refractivity contribution is 7.16. The number of hydrogen-bond donors (Lipinski definition) is 2. The van der Waals surface area contributed by atoms with Crippen LogP contribution in [0.2, 0.25) is 0 Å². The lowest BCUT2D eigenvalue weighted by Gasteiger charge is -2.36. The van der Waals surface area contributed by atoms with Crippen LogP contribution in [0.5, 0.6) is 11.5 Å². The van der Waals surface area contributed by atoms with E-state index in [1.807, 2.05) is 48.5 Å². The van der Waals surface area contributed by atoms with E-state index in [-0.39, 0.29) is 11.3 Å². The van der Waals surface area contributed by atoms with E-state index in [1.165, 1.54) is 10.4 Å². The van der Waals surface area contributed by atoms with Gasteiger partial charge < -0.3 is 20.1 Å². The Hall–Kier alpha value is -3.84. The van der Waals surface area contributed by atoms with Crippen molar-refractivity contribution < 1.29 is 19.1 Å². The van der Waals surface area contributed by atoms with E-state index < -0.39 is 12.1 Å². The van der Waals surface area contributed by atoms with E-state index >= 15 is 0 Å². The van der Waals surface area contributed by atoms with Gasteiger partial charge in [0.25, 0.3) is 5.91 Å². The number of hydrogen-bond acceptors (Lipinski definition) is 6. The van der Waals surface area contributed by atoms with Crippen LogP contribution in [0.15, 0.2) is 60.7 Å². The molecule has 1 amide bonds. The van der Waals surface area contributed by atoms with Gasteiger partial charge in [-0.3, -0.25) is 4.79 Å². The zero-order chi connectivity index (χ0) is 28.0. The number of amides is 1. The van der Waals surface area contributed by atoms with Crippen molar-refractivity contribution in [1.29, 1.82) is 0 Å². The molecule has 40 heavy (non-hydrogen) atoms. The van der Waals surface area contributed by atoms with E-state index in [1.54, 1.807) is 30.6 Å². The van der Waals surface area contributed by atoms with Crippen molar-refractivity contribution in [2.75, 3.05) is 12.4 Å². The Morgan fingerprint density at radius 1 is 1.05 bits per heavy atom. The Balaban J connectivity index is 1.23. The summed E-state index contributed by atoms with van der Waals surface area (Å²) in [5, 5.41) is 9.41. The summed E-state index contributed by atoms with van der Waals surface area (Å²) in [6, 6.07) is 18.7. The van der Waals surface area contributed by atoms with Crippen LogP contribution in [0.3, 0.4) is 0 Å². The number of anilines is 1. The van der Waals surface area contributed by atoms with Crippen LogP contribution in [-0.2, 0) is 12.8 Å². The predicted octanol–water partition coefficient (Wildman–Crippen LogP) is 7.52. The molecule has 3 aromatic carbocycles. The minimum atomic E-state index is -0.453. The number of thiophene rings is 1. The van der Waals surface area contributed by atoms with Crippen LogP contribution in [0, 0.1) is 11.3 Å². The van der Waals surface area contributed by atoms with Crippen LogP contribution in [0.4, 0.5) is 5.00 Å². The molecular weight excluding hydrogens is 520 g/mol. The highest BCUT2D eigenvalue weighted by Gasteiger charge is 2.37. The number of carbonyl (C=O) groups is 2. The Labute approximate surface area is 238 Å². The first-order chi connectivity index (χ1) is 19.3. The smallest absolute Gasteiger partial charge is 0.344 e. The maximum absolute atomic E-state index is 13.3. The van der Waals surface area contributed by atoms with Crippen LogP contribution >= 0.6 is 11.3 Å². The molecule has 6 rings (SSSR count). The fraction of sp³-hybridized carbons (Fsp3) is 0.333. The second kappa shape index (κ2) is 10.3. The van der Waals surface area contributed by atoms with E-state index in [0.29, 0.717) is 23.0 Å². The lowest BCUT2D eigenvalue weighted by Crippen LogP contribution is -2.38. The zero-order valence-corrected chi connectivity index (χ0v) is 24.1. The highest BCUT2D eigenvalue weighted by atomic mass is 32.1. The summed E-state index contributed by atoms with van der Waals surface area (Å²) in [6.45, 7) is 6.97. The number of methoxy groups -OCH3 is 1. The molecule has 0 radical (unpaired) electrons. The minimum Gasteiger partial charge on any atom is -0.493 e. The Morgan fingerprint density at radius 3 is 2.65 bits per heavy atom. The normalized spacial score (nSPS) is 18.4. The van der Waals surface area contributed by atoms with Gasteiger partial charge in [-0.25, -0.2) is 4.79 Å². The fourth-order valence-corrected chi connectivity index (χ4v) is 7.28. The summed E-state index contributed by atoms with van der Waals surface area (Å²) in [4.78, 5) is 27.8. The van der Waals surface area contributed by atoms with E-state index in [4.69, 9.17) is 9.47 Å². The van der Waals surface area contributed by atoms with Crippen LogP contribution in [0.25, 0.3) is 10.8 Å². The van der Waals surface area contributed by atoms with Crippen molar-refractivity contribution >= 4 is 39.0 Å². The molecule has 6 nitrogen and oxygen atoms in total. The molecule has 7 heteroatoms. The maximum Gasteiger partial charge on any atom is 0.344 e. The second-order valence-electron chi connectivity index (χ2n) is 11.4. The molecule has 1 aromatic heterocycles. The molecule has 0 bridgehead atoms. The number of esters is 1. The summed E-state index contributed by atoms with van der Waals surface area (Å²) in [7, 11) is 1.54. The molecule has 206 valence electrons. The number of ether oxygens (including phenoxy) is 2. The fourth-order valence-electron chi connectivity index (χ4n) is 5.93. The van der Waals surface area contributed by atoms with Crippen LogP contribution < -0.4 is 20.1 Å². The number of rotatable bonds is 6. The molecule has 2 unspecified atom stereocenters. The third-order valence-corrected chi connectivity index (χ3v) is 9.98. The van der Waals surface area contributed by atoms with Crippen LogP contribution in [-0.4, -0.2) is 19.0 Å². The molecular formula is C33H34N2O4S. The first-order valence-corrected chi connectivity index (χ1v) is 14.7. The zero-order valence-electron chi connectivity index (χ0n) is 23.3. The lowest BCUT2D eigenvalue weighted by atomic mass is 9.69. The van der Waals surface area contributed by atoms with Crippen molar-refractivity contribution in [1.82, 2.24) is 5.32 Å². The molecule has 2 N–H and O–H groups in total. The van der Waals surface area contributed by atoms with E-state index in [2.05, 4.69) is 31.4 Å². The Morgan fingerprint density at radius 2 is 1.85 bits per heavy atom. The van der Waals surface area contributed by atoms with Gasteiger partial charge in [0.1, 0.15) is 11.2 Å². The summed E-state index contributed by atoms with van der Waals surface area (Å²) in [6.07, 6.45) is 3.81. The quantitative estimate of drug-likeness (QED) is 0.190. The standard InChI is InChI=1S/C33H34N2O4S/c1-5-33(2,3)21-14-15-24-27(18-21)40-31-28(24)30(36)34-29(35-31)20-13-16-25(26(17-20)38-4)39-32(37)23-12-8-10-19-9-6-7-11-22(19)23/h6-13,16-17,21,29,35H,5,14-15,18H2,1-4H3,(H,34,36). The Kier molecular flexibility index (Phi) is 6.78. The first-order valence-electron chi connectivity index (χ1n) is 13.9. The second-order valence-corrected chi connectivity index (χ2v) is 12.5. The van der Waals surface area contributed by atoms with Gasteiger partial charge in [-0.1, -0.05) is 69.7 Å². The minimum absolute atomic E-state index is 0.0464. The largest absolute Gasteiger partial charge is 0.493 e. The Bertz CT molecular complexity index is 1620. The van der Waals surface area contributed by atoms with Crippen LogP contribution in [0.1, 0.15) is 76.5 Å². The molecule has 2 heterocycles. The summed E-state index contributed by atoms with van der Waals surface area (Å²) < 4.78 is 11.4. The molecule has 2 atom stereocenters. The summed E-state index contributed by atoms with van der Waals surface area (Å²) >= 11 is 1.72. The van der Waals surface area contributed by atoms with E-state index in [0.717, 1.165) is 52.6 Å². The third kappa shape index (κ3) is 4.62. The number of benzene rings is 3. The van der Waals surface area contributed by atoms with Gasteiger partial charge in [0.2, 0.25) is 0 Å². The van der Waals surface area contributed by atoms with Crippen molar-refractivity contribution in [2.24, 2.45) is 11.3 Å². The highest BCUT2D eigenvalue weighted by Crippen LogP contribution is 2.47. The van der Waals surface area contributed by atoms with Gasteiger partial charge >= 0.3 is 5.97 Å². The molecule has 0 fully saturated rings. The van der Waals surface area contributed by atoms with Crippen molar-refractivity contribution in [2.45, 2.75) is 52.6 Å². The first kappa shape index (κ1) is 26.4. The molecule has 1 aliphatic carbocycles. The molecule has 0 spiro atoms. The van der Waals surface area contributed by atoms with Gasteiger partial charge in [-0.05, 0) is 70.7 Å². The average molecular weight is 555 g/mol. The monoisotopic (exact) mass is 554 g/mol. The molecule has 0 saturated carbocycles. The van der Waals surface area contributed by atoms with Gasteiger partial charge in [0, 0.05) is 4.88 Å². The molecule has 1 aliphatic heterocycles. The van der Waals surface area contributed by atoms with Gasteiger partial charge in [0.05, 0.1) is 18.2 Å². The van der Waals surface area contributed by atoms with Crippen molar-refractivity contribution in [3.8, 4) is 11.5 Å². The van der Waals surface area contributed by atoms with Gasteiger partial charge in [-0.15, -0.1) is 11.3 Å².